The van der Waals surface area contributed by atoms with E-state index in [0.717, 1.165) is 6.07 Å². The third-order valence-corrected chi connectivity index (χ3v) is 3.02. The van der Waals surface area contributed by atoms with E-state index in [0.29, 0.717) is 5.75 Å². The van der Waals surface area contributed by atoms with E-state index in [1.165, 1.54) is 31.2 Å². The number of oxime groups is 1. The van der Waals surface area contributed by atoms with Crippen molar-refractivity contribution in [2.24, 2.45) is 10.9 Å². The van der Waals surface area contributed by atoms with E-state index >= 15 is 0 Å². The van der Waals surface area contributed by atoms with Crippen molar-refractivity contribution in [1.82, 2.24) is 4.90 Å². The van der Waals surface area contributed by atoms with Gasteiger partial charge in [0, 0.05) is 25.6 Å². The first-order valence-electron chi connectivity index (χ1n) is 5.97. The fourth-order valence-electron chi connectivity index (χ4n) is 1.67. The number of amidine groups is 1. The summed E-state index contributed by atoms with van der Waals surface area (Å²) in [5.74, 6) is -0.792. The summed E-state index contributed by atoms with van der Waals surface area (Å²) in [4.78, 5) is 13.5. The average molecular weight is 283 g/mol. The highest BCUT2D eigenvalue weighted by atomic mass is 19.1. The number of methoxy groups -OCH3 is 1. The molecule has 0 heterocycles. The Morgan fingerprint density at radius 2 is 2.25 bits per heavy atom. The third kappa shape index (κ3) is 3.59. The summed E-state index contributed by atoms with van der Waals surface area (Å²) >= 11 is 0. The van der Waals surface area contributed by atoms with Gasteiger partial charge in [0.25, 0.3) is 5.91 Å². The van der Waals surface area contributed by atoms with Gasteiger partial charge < -0.3 is 20.6 Å². The third-order valence-electron chi connectivity index (χ3n) is 3.02. The molecule has 1 atom stereocenters. The molecule has 1 aromatic rings. The Labute approximate surface area is 116 Å². The minimum absolute atomic E-state index is 0.00681. The second-order valence-electron chi connectivity index (χ2n) is 4.41. The Bertz CT molecular complexity index is 520. The van der Waals surface area contributed by atoms with Gasteiger partial charge in [0.15, 0.2) is 0 Å². The Morgan fingerprint density at radius 3 is 2.75 bits per heavy atom. The number of hydrogen-bond donors (Lipinski definition) is 2. The van der Waals surface area contributed by atoms with E-state index in [9.17, 15) is 9.18 Å². The van der Waals surface area contributed by atoms with E-state index in [2.05, 4.69) is 5.16 Å². The van der Waals surface area contributed by atoms with Gasteiger partial charge in [-0.05, 0) is 19.1 Å². The zero-order chi connectivity index (χ0) is 15.3. The predicted molar refractivity (Wildman–Crippen MR) is 72.5 cm³/mol. The number of amides is 1. The lowest BCUT2D eigenvalue weighted by molar-refractivity contribution is 0.0742. The second-order valence-corrected chi connectivity index (χ2v) is 4.41. The van der Waals surface area contributed by atoms with Gasteiger partial charge in [-0.25, -0.2) is 4.39 Å². The van der Waals surface area contributed by atoms with Crippen LogP contribution in [-0.4, -0.2) is 42.0 Å². The Balaban J connectivity index is 2.89. The van der Waals surface area contributed by atoms with E-state index in [1.54, 1.807) is 6.92 Å². The number of nitrogens with two attached hydrogens (primary N) is 1. The fourth-order valence-corrected chi connectivity index (χ4v) is 1.67. The topological polar surface area (TPSA) is 88.2 Å². The first-order valence-corrected chi connectivity index (χ1v) is 5.97. The highest BCUT2D eigenvalue weighted by Crippen LogP contribution is 2.18. The number of ether oxygens (including phenoxy) is 1. The Morgan fingerprint density at radius 1 is 1.60 bits per heavy atom. The van der Waals surface area contributed by atoms with Crippen molar-refractivity contribution in [3.8, 4) is 5.75 Å². The summed E-state index contributed by atoms with van der Waals surface area (Å²) < 4.78 is 18.7. The minimum atomic E-state index is -0.655. The van der Waals surface area contributed by atoms with Crippen molar-refractivity contribution in [3.63, 3.8) is 0 Å². The van der Waals surface area contributed by atoms with Crippen LogP contribution in [0.25, 0.3) is 0 Å². The molecule has 1 rings (SSSR count). The SMILES string of the molecule is COc1ccc(C(=O)N(C)C(C)C/C(N)=N/O)c(F)c1. The molecule has 20 heavy (non-hydrogen) atoms. The molecular formula is C13H18FN3O3. The first kappa shape index (κ1) is 15.7. The standard InChI is InChI=1S/C13H18FN3O3/c1-8(6-12(15)16-19)17(2)13(18)10-5-4-9(20-3)7-11(10)14/h4-5,7-8,19H,6H2,1-3H3,(H2,15,16). The molecule has 3 N–H and O–H groups in total. The molecule has 0 fully saturated rings. The number of benzene rings is 1. The van der Waals surface area contributed by atoms with Crippen LogP contribution in [0.5, 0.6) is 5.75 Å². The first-order chi connectivity index (χ1) is 9.40. The maximum absolute atomic E-state index is 13.8. The van der Waals surface area contributed by atoms with Crippen LogP contribution in [0.3, 0.4) is 0 Å². The average Bonchev–Trinajstić information content (AvgIpc) is 2.45. The van der Waals surface area contributed by atoms with Crippen LogP contribution in [0, 0.1) is 5.82 Å². The molecule has 6 nitrogen and oxygen atoms in total. The van der Waals surface area contributed by atoms with Crippen LogP contribution < -0.4 is 10.5 Å². The van der Waals surface area contributed by atoms with Gasteiger partial charge in [-0.3, -0.25) is 4.79 Å². The van der Waals surface area contributed by atoms with Crippen molar-refractivity contribution in [3.05, 3.63) is 29.6 Å². The number of rotatable bonds is 5. The molecule has 0 spiro atoms. The Kier molecular flexibility index (Phi) is 5.31. The molecular weight excluding hydrogens is 265 g/mol. The normalized spacial score (nSPS) is 12.9. The molecule has 1 unspecified atom stereocenters. The number of hydrogen-bond acceptors (Lipinski definition) is 4. The van der Waals surface area contributed by atoms with Gasteiger partial charge in [-0.2, -0.15) is 0 Å². The molecule has 0 aliphatic heterocycles. The van der Waals surface area contributed by atoms with Crippen LogP contribution in [0.4, 0.5) is 4.39 Å². The molecule has 0 saturated carbocycles. The van der Waals surface area contributed by atoms with Crippen LogP contribution in [0.2, 0.25) is 0 Å². The lowest BCUT2D eigenvalue weighted by Crippen LogP contribution is -2.38. The number of carbonyl (C=O) groups is 1. The van der Waals surface area contributed by atoms with Gasteiger partial charge in [-0.15, -0.1) is 0 Å². The molecule has 0 aliphatic rings. The summed E-state index contributed by atoms with van der Waals surface area (Å²) in [6.07, 6.45) is 0.191. The van der Waals surface area contributed by atoms with E-state index in [-0.39, 0.29) is 23.9 Å². The second kappa shape index (κ2) is 6.74. The number of halogens is 1. The Hall–Kier alpha value is -2.31. The maximum Gasteiger partial charge on any atom is 0.256 e. The van der Waals surface area contributed by atoms with Crippen molar-refractivity contribution >= 4 is 11.7 Å². The highest BCUT2D eigenvalue weighted by Gasteiger charge is 2.21. The van der Waals surface area contributed by atoms with Gasteiger partial charge in [0.05, 0.1) is 12.7 Å². The fraction of sp³-hybridized carbons (Fsp3) is 0.385. The quantitative estimate of drug-likeness (QED) is 0.370. The zero-order valence-corrected chi connectivity index (χ0v) is 11.6. The number of nitrogens with zero attached hydrogens (tertiary/aromatic N) is 2. The van der Waals surface area contributed by atoms with Gasteiger partial charge in [0.1, 0.15) is 17.4 Å². The van der Waals surface area contributed by atoms with Crippen molar-refractivity contribution in [2.75, 3.05) is 14.2 Å². The molecule has 110 valence electrons. The smallest absolute Gasteiger partial charge is 0.256 e. The zero-order valence-electron chi connectivity index (χ0n) is 11.6. The van der Waals surface area contributed by atoms with Crippen LogP contribution >= 0.6 is 0 Å². The largest absolute Gasteiger partial charge is 0.497 e. The molecule has 1 amide bonds. The van der Waals surface area contributed by atoms with Gasteiger partial charge in [-0.1, -0.05) is 5.16 Å². The van der Waals surface area contributed by atoms with Crippen LogP contribution in [0.1, 0.15) is 23.7 Å². The van der Waals surface area contributed by atoms with E-state index in [1.807, 2.05) is 0 Å². The van der Waals surface area contributed by atoms with Crippen LogP contribution in [-0.2, 0) is 0 Å². The molecule has 0 saturated heterocycles. The molecule has 7 heteroatoms. The lowest BCUT2D eigenvalue weighted by atomic mass is 10.1. The minimum Gasteiger partial charge on any atom is -0.497 e. The molecule has 0 aromatic heterocycles. The van der Waals surface area contributed by atoms with E-state index in [4.69, 9.17) is 15.7 Å². The van der Waals surface area contributed by atoms with Gasteiger partial charge in [0.2, 0.25) is 0 Å². The molecule has 0 aliphatic carbocycles. The monoisotopic (exact) mass is 283 g/mol. The van der Waals surface area contributed by atoms with Gasteiger partial charge >= 0.3 is 0 Å². The molecule has 1 aromatic carbocycles. The summed E-state index contributed by atoms with van der Waals surface area (Å²) in [6, 6.07) is 3.69. The maximum atomic E-state index is 13.8. The lowest BCUT2D eigenvalue weighted by Gasteiger charge is -2.24. The van der Waals surface area contributed by atoms with Crippen molar-refractivity contribution in [1.29, 1.82) is 0 Å². The van der Waals surface area contributed by atoms with Crippen molar-refractivity contribution in [2.45, 2.75) is 19.4 Å². The van der Waals surface area contributed by atoms with E-state index < -0.39 is 11.7 Å². The summed E-state index contributed by atoms with van der Waals surface area (Å²) in [7, 11) is 2.95. The summed E-state index contributed by atoms with van der Waals surface area (Å²) in [6.45, 7) is 1.72. The summed E-state index contributed by atoms with van der Waals surface area (Å²) in [5.41, 5.74) is 5.33. The van der Waals surface area contributed by atoms with Crippen LogP contribution in [0.15, 0.2) is 23.4 Å². The predicted octanol–water partition coefficient (Wildman–Crippen LogP) is 1.43. The molecule has 0 radical (unpaired) electrons. The summed E-state index contributed by atoms with van der Waals surface area (Å²) in [5, 5.41) is 11.4. The molecule has 0 bridgehead atoms. The highest BCUT2D eigenvalue weighted by molar-refractivity contribution is 5.95. The van der Waals surface area contributed by atoms with Crippen molar-refractivity contribution < 1.29 is 19.1 Å². The number of carbonyl (C=O) groups excluding carboxylic acids is 1.